The van der Waals surface area contributed by atoms with Crippen LogP contribution >= 0.6 is 0 Å². The fourth-order valence-corrected chi connectivity index (χ4v) is 5.33. The quantitative estimate of drug-likeness (QED) is 0.731. The van der Waals surface area contributed by atoms with E-state index in [0.717, 1.165) is 18.2 Å². The molecule has 0 N–H and O–H groups in total. The summed E-state index contributed by atoms with van der Waals surface area (Å²) in [6.45, 7) is 3.51. The van der Waals surface area contributed by atoms with Crippen molar-refractivity contribution in [2.45, 2.75) is 50.5 Å². The van der Waals surface area contributed by atoms with Crippen LogP contribution in [-0.4, -0.2) is 25.1 Å². The number of nitrogens with zero attached hydrogens (tertiary/aromatic N) is 1. The molecule has 2 nitrogen and oxygen atoms in total. The SMILES string of the molecule is COc1cccc(C23CCCCC2CCN(Cc2ccccc2)CC3)c1. The zero-order chi connectivity index (χ0) is 17.8. The summed E-state index contributed by atoms with van der Waals surface area (Å²) < 4.78 is 5.54. The van der Waals surface area contributed by atoms with Gasteiger partial charge in [0.05, 0.1) is 7.11 Å². The van der Waals surface area contributed by atoms with Gasteiger partial charge < -0.3 is 4.74 Å². The van der Waals surface area contributed by atoms with Crippen molar-refractivity contribution >= 4 is 0 Å². The van der Waals surface area contributed by atoms with E-state index in [9.17, 15) is 0 Å². The van der Waals surface area contributed by atoms with Gasteiger partial charge in [0.25, 0.3) is 0 Å². The lowest BCUT2D eigenvalue weighted by Gasteiger charge is -2.44. The first-order valence-electron chi connectivity index (χ1n) is 10.2. The summed E-state index contributed by atoms with van der Waals surface area (Å²) >= 11 is 0. The number of rotatable bonds is 4. The molecule has 0 aromatic heterocycles. The van der Waals surface area contributed by atoms with Crippen molar-refractivity contribution in [3.05, 3.63) is 65.7 Å². The Bertz CT molecular complexity index is 713. The molecule has 2 heteroatoms. The summed E-state index contributed by atoms with van der Waals surface area (Å²) in [5.74, 6) is 1.82. The summed E-state index contributed by atoms with van der Waals surface area (Å²) in [5.41, 5.74) is 3.30. The number of hydrogen-bond donors (Lipinski definition) is 0. The number of benzene rings is 2. The van der Waals surface area contributed by atoms with Crippen LogP contribution in [0.25, 0.3) is 0 Å². The zero-order valence-corrected chi connectivity index (χ0v) is 16.0. The highest BCUT2D eigenvalue weighted by Gasteiger charge is 2.43. The van der Waals surface area contributed by atoms with Crippen molar-refractivity contribution in [1.29, 1.82) is 0 Å². The molecular weight excluding hydrogens is 318 g/mol. The van der Waals surface area contributed by atoms with Crippen LogP contribution < -0.4 is 4.74 Å². The topological polar surface area (TPSA) is 12.5 Å². The first-order valence-corrected chi connectivity index (χ1v) is 10.2. The molecule has 1 aliphatic carbocycles. The number of likely N-dealkylation sites (tertiary alicyclic amines) is 1. The molecule has 0 amide bonds. The summed E-state index contributed by atoms with van der Waals surface area (Å²) in [6.07, 6.45) is 8.09. The van der Waals surface area contributed by atoms with Gasteiger partial charge in [-0.1, -0.05) is 55.3 Å². The van der Waals surface area contributed by atoms with Crippen LogP contribution in [0.5, 0.6) is 5.75 Å². The van der Waals surface area contributed by atoms with Crippen molar-refractivity contribution < 1.29 is 4.74 Å². The number of hydrogen-bond acceptors (Lipinski definition) is 2. The molecule has 0 radical (unpaired) electrons. The first kappa shape index (κ1) is 17.6. The number of fused-ring (bicyclic) bond motifs is 1. The Hall–Kier alpha value is -1.80. The minimum atomic E-state index is 0.345. The molecule has 2 aliphatic rings. The Morgan fingerprint density at radius 1 is 0.962 bits per heavy atom. The van der Waals surface area contributed by atoms with Gasteiger partial charge in [-0.05, 0) is 73.4 Å². The lowest BCUT2D eigenvalue weighted by Crippen LogP contribution is -2.38. The highest BCUT2D eigenvalue weighted by atomic mass is 16.5. The second-order valence-corrected chi connectivity index (χ2v) is 8.13. The van der Waals surface area contributed by atoms with Crippen LogP contribution in [0, 0.1) is 5.92 Å². The molecule has 2 aromatic carbocycles. The highest BCUT2D eigenvalue weighted by molar-refractivity contribution is 5.35. The standard InChI is InChI=1S/C24H31NO/c1-26-23-12-7-11-22(18-23)24-14-6-5-10-21(24)13-16-25(17-15-24)19-20-8-3-2-4-9-20/h2-4,7-9,11-12,18,21H,5-6,10,13-17,19H2,1H3. The van der Waals surface area contributed by atoms with E-state index in [1.165, 1.54) is 62.7 Å². The van der Waals surface area contributed by atoms with Crippen LogP contribution in [0.1, 0.15) is 49.7 Å². The normalized spacial score (nSPS) is 26.7. The van der Waals surface area contributed by atoms with Crippen molar-refractivity contribution in [3.8, 4) is 5.75 Å². The van der Waals surface area contributed by atoms with E-state index in [1.54, 1.807) is 7.11 Å². The fraction of sp³-hybridized carbons (Fsp3) is 0.500. The molecule has 2 atom stereocenters. The Kier molecular flexibility index (Phi) is 5.31. The maximum atomic E-state index is 5.54. The third-order valence-electron chi connectivity index (χ3n) is 6.77. The zero-order valence-electron chi connectivity index (χ0n) is 16.0. The van der Waals surface area contributed by atoms with Crippen molar-refractivity contribution in [1.82, 2.24) is 4.90 Å². The van der Waals surface area contributed by atoms with E-state index >= 15 is 0 Å². The maximum Gasteiger partial charge on any atom is 0.119 e. The lowest BCUT2D eigenvalue weighted by atomic mass is 9.60. The summed E-state index contributed by atoms with van der Waals surface area (Å²) in [5, 5.41) is 0. The third kappa shape index (κ3) is 3.53. The van der Waals surface area contributed by atoms with Gasteiger partial charge in [0.15, 0.2) is 0 Å². The van der Waals surface area contributed by atoms with E-state index in [1.807, 2.05) is 0 Å². The highest BCUT2D eigenvalue weighted by Crippen LogP contribution is 2.49. The fourth-order valence-electron chi connectivity index (χ4n) is 5.33. The molecule has 1 heterocycles. The predicted molar refractivity (Wildman–Crippen MR) is 108 cm³/mol. The van der Waals surface area contributed by atoms with Gasteiger partial charge in [0.1, 0.15) is 5.75 Å². The average Bonchev–Trinajstić information content (AvgIpc) is 2.89. The Morgan fingerprint density at radius 2 is 1.85 bits per heavy atom. The van der Waals surface area contributed by atoms with E-state index in [0.29, 0.717) is 5.41 Å². The minimum Gasteiger partial charge on any atom is -0.497 e. The molecule has 138 valence electrons. The van der Waals surface area contributed by atoms with Crippen LogP contribution in [0.3, 0.4) is 0 Å². The van der Waals surface area contributed by atoms with Gasteiger partial charge in [0.2, 0.25) is 0 Å². The summed E-state index contributed by atoms with van der Waals surface area (Å²) in [7, 11) is 1.78. The van der Waals surface area contributed by atoms with E-state index in [2.05, 4.69) is 59.5 Å². The lowest BCUT2D eigenvalue weighted by molar-refractivity contribution is 0.176. The average molecular weight is 350 g/mol. The maximum absolute atomic E-state index is 5.54. The molecule has 1 aliphatic heterocycles. The van der Waals surface area contributed by atoms with Gasteiger partial charge in [-0.2, -0.15) is 0 Å². The van der Waals surface area contributed by atoms with Gasteiger partial charge >= 0.3 is 0 Å². The van der Waals surface area contributed by atoms with Crippen molar-refractivity contribution in [3.63, 3.8) is 0 Å². The molecule has 26 heavy (non-hydrogen) atoms. The van der Waals surface area contributed by atoms with Gasteiger partial charge in [-0.3, -0.25) is 4.90 Å². The van der Waals surface area contributed by atoms with Crippen LogP contribution in [0.15, 0.2) is 54.6 Å². The molecule has 2 fully saturated rings. The van der Waals surface area contributed by atoms with Crippen molar-refractivity contribution in [2.24, 2.45) is 5.92 Å². The minimum absolute atomic E-state index is 0.345. The van der Waals surface area contributed by atoms with Crippen molar-refractivity contribution in [2.75, 3.05) is 20.2 Å². The Labute approximate surface area is 158 Å². The van der Waals surface area contributed by atoms with E-state index < -0.39 is 0 Å². The molecule has 1 saturated heterocycles. The van der Waals surface area contributed by atoms with E-state index in [4.69, 9.17) is 4.74 Å². The third-order valence-corrected chi connectivity index (χ3v) is 6.77. The van der Waals surface area contributed by atoms with Crippen LogP contribution in [0.2, 0.25) is 0 Å². The molecule has 0 bridgehead atoms. The Balaban J connectivity index is 1.58. The Morgan fingerprint density at radius 3 is 2.69 bits per heavy atom. The molecule has 2 unspecified atom stereocenters. The molecule has 2 aromatic rings. The molecule has 0 spiro atoms. The number of methoxy groups -OCH3 is 1. The smallest absolute Gasteiger partial charge is 0.119 e. The van der Waals surface area contributed by atoms with Crippen LogP contribution in [-0.2, 0) is 12.0 Å². The molecule has 4 rings (SSSR count). The summed E-state index contributed by atoms with van der Waals surface area (Å²) in [6, 6.07) is 19.9. The van der Waals surface area contributed by atoms with Gasteiger partial charge in [-0.15, -0.1) is 0 Å². The number of ether oxygens (including phenoxy) is 1. The second-order valence-electron chi connectivity index (χ2n) is 8.13. The summed E-state index contributed by atoms with van der Waals surface area (Å²) in [4.78, 5) is 2.68. The van der Waals surface area contributed by atoms with Gasteiger partial charge in [0, 0.05) is 6.54 Å². The largest absolute Gasteiger partial charge is 0.497 e. The second kappa shape index (κ2) is 7.84. The first-order chi connectivity index (χ1) is 12.8. The van der Waals surface area contributed by atoms with E-state index in [-0.39, 0.29) is 0 Å². The predicted octanol–water partition coefficient (Wildman–Crippen LogP) is 5.42. The monoisotopic (exact) mass is 349 g/mol. The molecule has 1 saturated carbocycles. The van der Waals surface area contributed by atoms with Crippen LogP contribution in [0.4, 0.5) is 0 Å². The molecular formula is C24H31NO. The van der Waals surface area contributed by atoms with Gasteiger partial charge in [-0.25, -0.2) is 0 Å².